The van der Waals surface area contributed by atoms with Crippen molar-refractivity contribution in [2.24, 2.45) is 17.8 Å². The van der Waals surface area contributed by atoms with Crippen molar-refractivity contribution in [1.29, 1.82) is 0 Å². The lowest BCUT2D eigenvalue weighted by Crippen LogP contribution is -2.28. The number of hydrogen-bond acceptors (Lipinski definition) is 2. The van der Waals surface area contributed by atoms with Crippen LogP contribution in [0, 0.1) is 17.8 Å². The van der Waals surface area contributed by atoms with Gasteiger partial charge >= 0.3 is 0 Å². The van der Waals surface area contributed by atoms with Crippen LogP contribution >= 0.6 is 0 Å². The average Bonchev–Trinajstić information content (AvgIpc) is 3.27. The summed E-state index contributed by atoms with van der Waals surface area (Å²) in [5, 5.41) is 5.85. The molecule has 1 aromatic rings. The van der Waals surface area contributed by atoms with Gasteiger partial charge in [0, 0.05) is 12.2 Å². The molecule has 4 heteroatoms. The van der Waals surface area contributed by atoms with Crippen LogP contribution < -0.4 is 10.6 Å². The molecule has 1 aromatic carbocycles. The highest BCUT2D eigenvalue weighted by Gasteiger charge is 2.47. The zero-order valence-electron chi connectivity index (χ0n) is 15.5. The Bertz CT molecular complexity index is 585. The Morgan fingerprint density at radius 1 is 1.08 bits per heavy atom. The summed E-state index contributed by atoms with van der Waals surface area (Å²) in [4.78, 5) is 24.3. The van der Waals surface area contributed by atoms with Crippen LogP contribution in [0.4, 0.5) is 5.69 Å². The number of anilines is 1. The van der Waals surface area contributed by atoms with Gasteiger partial charge in [-0.3, -0.25) is 9.59 Å². The first kappa shape index (κ1) is 18.5. The molecule has 0 aliphatic heterocycles. The zero-order chi connectivity index (χ0) is 17.9. The van der Waals surface area contributed by atoms with Crippen LogP contribution in [0.1, 0.15) is 53.0 Å². The normalized spacial score (nSPS) is 19.9. The maximum absolute atomic E-state index is 12.3. The molecule has 1 fully saturated rings. The van der Waals surface area contributed by atoms with E-state index in [1.54, 1.807) is 0 Å². The molecule has 2 amide bonds. The van der Waals surface area contributed by atoms with Crippen molar-refractivity contribution in [2.75, 3.05) is 11.9 Å². The highest BCUT2D eigenvalue weighted by atomic mass is 16.2. The average molecular weight is 330 g/mol. The molecule has 24 heavy (non-hydrogen) atoms. The summed E-state index contributed by atoms with van der Waals surface area (Å²) in [5.41, 5.74) is 2.12. The van der Waals surface area contributed by atoms with Crippen LogP contribution in [-0.4, -0.2) is 18.4 Å². The standard InChI is InChI=1S/C20H30N2O2/c1-13(2)10-11-21-18(23)16-12-17(16)19(24)22-15-8-6-14(7-9-15)20(3,4)5/h6-9,13,16-17H,10-12H2,1-5H3,(H,21,23)(H,22,24). The van der Waals surface area contributed by atoms with Crippen molar-refractivity contribution in [2.45, 2.75) is 52.9 Å². The number of amides is 2. The molecule has 0 radical (unpaired) electrons. The molecular formula is C20H30N2O2. The van der Waals surface area contributed by atoms with Crippen molar-refractivity contribution < 1.29 is 9.59 Å². The third-order valence-electron chi connectivity index (χ3n) is 4.50. The molecule has 0 heterocycles. The second-order valence-corrected chi connectivity index (χ2v) is 8.24. The molecule has 2 unspecified atom stereocenters. The topological polar surface area (TPSA) is 58.2 Å². The van der Waals surface area contributed by atoms with E-state index in [-0.39, 0.29) is 29.1 Å². The van der Waals surface area contributed by atoms with E-state index in [4.69, 9.17) is 0 Å². The molecule has 2 rings (SSSR count). The van der Waals surface area contributed by atoms with Crippen molar-refractivity contribution >= 4 is 17.5 Å². The van der Waals surface area contributed by atoms with E-state index in [1.165, 1.54) is 5.56 Å². The summed E-state index contributed by atoms with van der Waals surface area (Å²) >= 11 is 0. The molecule has 0 aromatic heterocycles. The van der Waals surface area contributed by atoms with Crippen molar-refractivity contribution in [3.05, 3.63) is 29.8 Å². The quantitative estimate of drug-likeness (QED) is 0.835. The fraction of sp³-hybridized carbons (Fsp3) is 0.600. The van der Waals surface area contributed by atoms with E-state index in [2.05, 4.69) is 45.3 Å². The molecular weight excluding hydrogens is 300 g/mol. The Kier molecular flexibility index (Phi) is 5.68. The molecule has 132 valence electrons. The first-order valence-corrected chi connectivity index (χ1v) is 8.87. The van der Waals surface area contributed by atoms with Gasteiger partial charge in [0.05, 0.1) is 11.8 Å². The summed E-state index contributed by atoms with van der Waals surface area (Å²) in [6, 6.07) is 7.94. The second-order valence-electron chi connectivity index (χ2n) is 8.24. The number of carbonyl (C=O) groups is 2. The fourth-order valence-corrected chi connectivity index (χ4v) is 2.68. The van der Waals surface area contributed by atoms with Crippen LogP contribution in [0.25, 0.3) is 0 Å². The lowest BCUT2D eigenvalue weighted by molar-refractivity contribution is -0.125. The minimum atomic E-state index is -0.189. The van der Waals surface area contributed by atoms with Crippen LogP contribution in [0.3, 0.4) is 0 Å². The fourth-order valence-electron chi connectivity index (χ4n) is 2.68. The maximum atomic E-state index is 12.3. The molecule has 4 nitrogen and oxygen atoms in total. The molecule has 0 bridgehead atoms. The Morgan fingerprint density at radius 3 is 2.21 bits per heavy atom. The highest BCUT2D eigenvalue weighted by Crippen LogP contribution is 2.39. The third-order valence-corrected chi connectivity index (χ3v) is 4.50. The van der Waals surface area contributed by atoms with Gasteiger partial charge in [-0.15, -0.1) is 0 Å². The Balaban J connectivity index is 1.81. The third kappa shape index (κ3) is 5.08. The molecule has 1 saturated carbocycles. The van der Waals surface area contributed by atoms with Gasteiger partial charge in [0.1, 0.15) is 0 Å². The Morgan fingerprint density at radius 2 is 1.67 bits per heavy atom. The summed E-state index contributed by atoms with van der Waals surface area (Å²) < 4.78 is 0. The Hall–Kier alpha value is -1.84. The molecule has 2 atom stereocenters. The van der Waals surface area contributed by atoms with E-state index < -0.39 is 0 Å². The van der Waals surface area contributed by atoms with Crippen molar-refractivity contribution in [1.82, 2.24) is 5.32 Å². The lowest BCUT2D eigenvalue weighted by atomic mass is 9.87. The van der Waals surface area contributed by atoms with Crippen LogP contribution in [-0.2, 0) is 15.0 Å². The number of hydrogen-bond donors (Lipinski definition) is 2. The molecule has 0 spiro atoms. The molecule has 0 saturated heterocycles. The van der Waals surface area contributed by atoms with Crippen LogP contribution in [0.5, 0.6) is 0 Å². The van der Waals surface area contributed by atoms with E-state index in [0.717, 1.165) is 12.1 Å². The second kappa shape index (κ2) is 7.37. The van der Waals surface area contributed by atoms with Gasteiger partial charge < -0.3 is 10.6 Å². The summed E-state index contributed by atoms with van der Waals surface area (Å²) in [6.07, 6.45) is 1.62. The van der Waals surface area contributed by atoms with E-state index >= 15 is 0 Å². The van der Waals surface area contributed by atoms with Gasteiger partial charge in [-0.1, -0.05) is 46.8 Å². The predicted octanol–water partition coefficient (Wildman–Crippen LogP) is 3.72. The van der Waals surface area contributed by atoms with Crippen molar-refractivity contribution in [3.8, 4) is 0 Å². The first-order chi connectivity index (χ1) is 11.2. The molecule has 1 aliphatic carbocycles. The van der Waals surface area contributed by atoms with Gasteiger partial charge in [-0.05, 0) is 41.9 Å². The van der Waals surface area contributed by atoms with E-state index in [0.29, 0.717) is 18.9 Å². The largest absolute Gasteiger partial charge is 0.356 e. The highest BCUT2D eigenvalue weighted by molar-refractivity contribution is 5.99. The smallest absolute Gasteiger partial charge is 0.228 e. The maximum Gasteiger partial charge on any atom is 0.228 e. The summed E-state index contributed by atoms with van der Waals surface area (Å²) in [6.45, 7) is 11.4. The summed E-state index contributed by atoms with van der Waals surface area (Å²) in [7, 11) is 0. The predicted molar refractivity (Wildman–Crippen MR) is 97.8 cm³/mol. The monoisotopic (exact) mass is 330 g/mol. The number of nitrogens with one attached hydrogen (secondary N) is 2. The van der Waals surface area contributed by atoms with Gasteiger partial charge in [-0.2, -0.15) is 0 Å². The number of benzene rings is 1. The summed E-state index contributed by atoms with van der Waals surface area (Å²) in [5.74, 6) is 0.179. The number of carbonyl (C=O) groups excluding carboxylic acids is 2. The van der Waals surface area contributed by atoms with Crippen LogP contribution in [0.15, 0.2) is 24.3 Å². The minimum absolute atomic E-state index is 0.0129. The van der Waals surface area contributed by atoms with Gasteiger partial charge in [-0.25, -0.2) is 0 Å². The van der Waals surface area contributed by atoms with Gasteiger partial charge in [0.25, 0.3) is 0 Å². The van der Waals surface area contributed by atoms with Gasteiger partial charge in [0.2, 0.25) is 11.8 Å². The van der Waals surface area contributed by atoms with Crippen molar-refractivity contribution in [3.63, 3.8) is 0 Å². The molecule has 1 aliphatic rings. The lowest BCUT2D eigenvalue weighted by Gasteiger charge is -2.19. The molecule has 2 N–H and O–H groups in total. The van der Waals surface area contributed by atoms with Gasteiger partial charge in [0.15, 0.2) is 0 Å². The van der Waals surface area contributed by atoms with E-state index in [9.17, 15) is 9.59 Å². The van der Waals surface area contributed by atoms with E-state index in [1.807, 2.05) is 24.3 Å². The SMILES string of the molecule is CC(C)CCNC(=O)C1CC1C(=O)Nc1ccc(C(C)(C)C)cc1. The zero-order valence-corrected chi connectivity index (χ0v) is 15.5. The van der Waals surface area contributed by atoms with Crippen LogP contribution in [0.2, 0.25) is 0 Å². The minimum Gasteiger partial charge on any atom is -0.356 e. The Labute approximate surface area is 145 Å². The first-order valence-electron chi connectivity index (χ1n) is 8.87. The number of rotatable bonds is 6.